The molecule has 0 aliphatic carbocycles. The van der Waals surface area contributed by atoms with E-state index in [1.54, 1.807) is 11.9 Å². The van der Waals surface area contributed by atoms with E-state index in [1.807, 2.05) is 41.8 Å². The van der Waals surface area contributed by atoms with Crippen LogP contribution in [0, 0.1) is 0 Å². The van der Waals surface area contributed by atoms with Crippen LogP contribution in [-0.4, -0.2) is 27.8 Å². The summed E-state index contributed by atoms with van der Waals surface area (Å²) in [5.74, 6) is 0.409. The molecule has 1 amide bonds. The first-order valence-electron chi connectivity index (χ1n) is 7.32. The quantitative estimate of drug-likeness (QED) is 0.612. The van der Waals surface area contributed by atoms with Crippen LogP contribution in [0.2, 0.25) is 0 Å². The van der Waals surface area contributed by atoms with Crippen LogP contribution in [0.5, 0.6) is 0 Å². The number of nitrogens with zero attached hydrogens (tertiary/aromatic N) is 2. The van der Waals surface area contributed by atoms with Gasteiger partial charge < -0.3 is 9.88 Å². The lowest BCUT2D eigenvalue weighted by Gasteiger charge is -2.15. The molecule has 0 bridgehead atoms. The Kier molecular flexibility index (Phi) is 3.66. The minimum Gasteiger partial charge on any atom is -0.334 e. The van der Waals surface area contributed by atoms with Crippen LogP contribution in [0.1, 0.15) is 15.5 Å². The lowest BCUT2D eigenvalue weighted by molar-refractivity contribution is 0.0786. The number of hydrogen-bond donors (Lipinski definition) is 1. The van der Waals surface area contributed by atoms with Crippen molar-refractivity contribution < 1.29 is 4.79 Å². The van der Waals surface area contributed by atoms with Gasteiger partial charge in [0.25, 0.3) is 11.5 Å². The van der Waals surface area contributed by atoms with Crippen LogP contribution in [0.3, 0.4) is 0 Å². The molecule has 0 aliphatic heterocycles. The molecule has 120 valence electrons. The zero-order valence-electron chi connectivity index (χ0n) is 12.8. The maximum Gasteiger partial charge on any atom is 0.268 e. The van der Waals surface area contributed by atoms with Crippen LogP contribution in [0.15, 0.2) is 46.6 Å². The van der Waals surface area contributed by atoms with E-state index in [-0.39, 0.29) is 18.0 Å². The lowest BCUT2D eigenvalue weighted by Crippen LogP contribution is -2.27. The summed E-state index contributed by atoms with van der Waals surface area (Å²) in [6.45, 7) is 0.258. The molecule has 0 spiro atoms. The third-order valence-corrected chi connectivity index (χ3v) is 5.74. The molecule has 0 radical (unpaired) electrons. The topological polar surface area (TPSA) is 66.1 Å². The Balaban J connectivity index is 1.61. The molecule has 0 saturated carbocycles. The highest BCUT2D eigenvalue weighted by Crippen LogP contribution is 2.26. The van der Waals surface area contributed by atoms with Crippen molar-refractivity contribution in [1.82, 2.24) is 14.9 Å². The number of fused-ring (bicyclic) bond motifs is 2. The second kappa shape index (κ2) is 5.85. The summed E-state index contributed by atoms with van der Waals surface area (Å²) >= 11 is 2.83. The monoisotopic (exact) mass is 355 g/mol. The van der Waals surface area contributed by atoms with Gasteiger partial charge in [0, 0.05) is 11.7 Å². The minimum absolute atomic E-state index is 0.0794. The summed E-state index contributed by atoms with van der Waals surface area (Å²) in [7, 11) is 1.71. The second-order valence-corrected chi connectivity index (χ2v) is 7.46. The van der Waals surface area contributed by atoms with Crippen LogP contribution in [-0.2, 0) is 6.54 Å². The Hall–Kier alpha value is -2.51. The van der Waals surface area contributed by atoms with Crippen LogP contribution >= 0.6 is 22.7 Å². The minimum atomic E-state index is -0.160. The second-order valence-electron chi connectivity index (χ2n) is 5.46. The first kappa shape index (κ1) is 15.0. The number of benzene rings is 1. The van der Waals surface area contributed by atoms with E-state index in [0.29, 0.717) is 20.9 Å². The van der Waals surface area contributed by atoms with Gasteiger partial charge in [-0.25, -0.2) is 4.98 Å². The van der Waals surface area contributed by atoms with E-state index < -0.39 is 0 Å². The number of carbonyl (C=O) groups excluding carboxylic acids is 1. The van der Waals surface area contributed by atoms with Crippen molar-refractivity contribution in [2.45, 2.75) is 6.54 Å². The molecule has 0 fully saturated rings. The zero-order chi connectivity index (χ0) is 16.7. The number of rotatable bonds is 3. The summed E-state index contributed by atoms with van der Waals surface area (Å²) in [5.41, 5.74) is 0.508. The Morgan fingerprint density at radius 3 is 2.96 bits per heavy atom. The van der Waals surface area contributed by atoms with Crippen molar-refractivity contribution >= 4 is 48.9 Å². The molecule has 0 aliphatic rings. The Morgan fingerprint density at radius 1 is 1.29 bits per heavy atom. The number of aromatic amines is 1. The molecule has 0 unspecified atom stereocenters. The largest absolute Gasteiger partial charge is 0.334 e. The van der Waals surface area contributed by atoms with Gasteiger partial charge in [0.15, 0.2) is 0 Å². The third kappa shape index (κ3) is 2.61. The van der Waals surface area contributed by atoms with Gasteiger partial charge in [-0.2, -0.15) is 0 Å². The molecule has 5 nitrogen and oxygen atoms in total. The number of nitrogens with one attached hydrogen (secondary N) is 1. The van der Waals surface area contributed by atoms with Crippen molar-refractivity contribution in [2.24, 2.45) is 0 Å². The third-order valence-electron chi connectivity index (χ3n) is 3.73. The predicted octanol–water partition coefficient (Wildman–Crippen LogP) is 3.47. The van der Waals surface area contributed by atoms with Gasteiger partial charge in [-0.3, -0.25) is 9.59 Å². The molecule has 4 rings (SSSR count). The lowest BCUT2D eigenvalue weighted by atomic mass is 10.2. The fourth-order valence-corrected chi connectivity index (χ4v) is 4.35. The van der Waals surface area contributed by atoms with E-state index in [4.69, 9.17) is 0 Å². The highest BCUT2D eigenvalue weighted by molar-refractivity contribution is 7.20. The van der Waals surface area contributed by atoms with Crippen molar-refractivity contribution in [3.8, 4) is 0 Å². The van der Waals surface area contributed by atoms with Crippen LogP contribution in [0.25, 0.3) is 20.3 Å². The van der Waals surface area contributed by atoms with E-state index in [1.165, 1.54) is 22.7 Å². The van der Waals surface area contributed by atoms with E-state index in [2.05, 4.69) is 9.97 Å². The van der Waals surface area contributed by atoms with Crippen LogP contribution in [0.4, 0.5) is 0 Å². The number of aromatic nitrogens is 2. The van der Waals surface area contributed by atoms with Gasteiger partial charge in [-0.15, -0.1) is 22.7 Å². The maximum absolute atomic E-state index is 12.6. The molecular formula is C17H13N3O2S2. The predicted molar refractivity (Wildman–Crippen MR) is 97.9 cm³/mol. The smallest absolute Gasteiger partial charge is 0.268 e. The molecule has 4 aromatic rings. The highest BCUT2D eigenvalue weighted by Gasteiger charge is 2.16. The molecule has 1 aromatic carbocycles. The molecular weight excluding hydrogens is 342 g/mol. The average molecular weight is 355 g/mol. The molecule has 1 N–H and O–H groups in total. The average Bonchev–Trinajstić information content (AvgIpc) is 3.20. The number of H-pyrrole nitrogens is 1. The number of thiophene rings is 2. The molecule has 7 heteroatoms. The first-order chi connectivity index (χ1) is 11.6. The molecule has 0 atom stereocenters. The van der Waals surface area contributed by atoms with Crippen molar-refractivity contribution in [1.29, 1.82) is 0 Å². The molecule has 3 heterocycles. The van der Waals surface area contributed by atoms with Gasteiger partial charge in [-0.05, 0) is 29.0 Å². The zero-order valence-corrected chi connectivity index (χ0v) is 14.4. The Labute approximate surface area is 145 Å². The number of hydrogen-bond acceptors (Lipinski definition) is 5. The van der Waals surface area contributed by atoms with Gasteiger partial charge >= 0.3 is 0 Å². The van der Waals surface area contributed by atoms with Gasteiger partial charge in [0.1, 0.15) is 10.5 Å². The Bertz CT molecular complexity index is 1080. The van der Waals surface area contributed by atoms with Crippen LogP contribution < -0.4 is 5.56 Å². The number of amides is 1. The van der Waals surface area contributed by atoms with Gasteiger partial charge in [0.2, 0.25) is 0 Å². The summed E-state index contributed by atoms with van der Waals surface area (Å²) in [6.07, 6.45) is 0. The SMILES string of the molecule is CN(Cc1nc2ccsc2c(=O)[nH]1)C(=O)c1cc2ccccc2s1. The molecule has 24 heavy (non-hydrogen) atoms. The summed E-state index contributed by atoms with van der Waals surface area (Å²) in [6, 6.07) is 11.6. The Morgan fingerprint density at radius 2 is 2.12 bits per heavy atom. The van der Waals surface area contributed by atoms with E-state index >= 15 is 0 Å². The fraction of sp³-hybridized carbons (Fsp3) is 0.118. The normalized spacial score (nSPS) is 11.2. The van der Waals surface area contributed by atoms with Crippen molar-refractivity contribution in [3.63, 3.8) is 0 Å². The number of carbonyl (C=O) groups is 1. The fourth-order valence-electron chi connectivity index (χ4n) is 2.57. The first-order valence-corrected chi connectivity index (χ1v) is 9.02. The van der Waals surface area contributed by atoms with Gasteiger partial charge in [-0.1, -0.05) is 18.2 Å². The molecule has 3 aromatic heterocycles. The van der Waals surface area contributed by atoms with E-state index in [0.717, 1.165) is 10.1 Å². The maximum atomic E-state index is 12.6. The highest BCUT2D eigenvalue weighted by atomic mass is 32.1. The summed E-state index contributed by atoms with van der Waals surface area (Å²) < 4.78 is 1.69. The summed E-state index contributed by atoms with van der Waals surface area (Å²) in [4.78, 5) is 34.1. The summed E-state index contributed by atoms with van der Waals surface area (Å²) in [5, 5.41) is 2.90. The van der Waals surface area contributed by atoms with Gasteiger partial charge in [0.05, 0.1) is 16.9 Å². The molecule has 0 saturated heterocycles. The van der Waals surface area contributed by atoms with E-state index in [9.17, 15) is 9.59 Å². The standard InChI is InChI=1S/C17H13N3O2S2/c1-20(9-14-18-11-6-7-23-15(11)16(21)19-14)17(22)13-8-10-4-2-3-5-12(10)24-13/h2-8H,9H2,1H3,(H,18,19,21). The van der Waals surface area contributed by atoms with Crippen molar-refractivity contribution in [2.75, 3.05) is 7.05 Å². The van der Waals surface area contributed by atoms with Crippen molar-refractivity contribution in [3.05, 3.63) is 62.8 Å².